The van der Waals surface area contributed by atoms with Crippen molar-refractivity contribution in [2.75, 3.05) is 38.0 Å². The topological polar surface area (TPSA) is 35.6 Å². The van der Waals surface area contributed by atoms with E-state index in [1.54, 1.807) is 30.4 Å². The highest BCUT2D eigenvalue weighted by Gasteiger charge is 2.33. The van der Waals surface area contributed by atoms with Gasteiger partial charge in [-0.3, -0.25) is 9.69 Å². The number of aryl methyl sites for hydroxylation is 1. The molecule has 0 radical (unpaired) electrons. The van der Waals surface area contributed by atoms with Gasteiger partial charge in [0.1, 0.15) is 10.8 Å². The van der Waals surface area contributed by atoms with Crippen molar-refractivity contribution in [2.45, 2.75) is 45.6 Å². The predicted molar refractivity (Wildman–Crippen MR) is 117 cm³/mol. The molecule has 1 aliphatic carbocycles. The number of hydrogen-bond donors (Lipinski definition) is 1. The minimum atomic E-state index is -0.210. The van der Waals surface area contributed by atoms with E-state index in [1.165, 1.54) is 28.8 Å². The van der Waals surface area contributed by atoms with Crippen LogP contribution in [0.5, 0.6) is 0 Å². The lowest BCUT2D eigenvalue weighted by molar-refractivity contribution is -0.114. The van der Waals surface area contributed by atoms with Crippen LogP contribution >= 0.6 is 11.3 Å². The summed E-state index contributed by atoms with van der Waals surface area (Å²) in [7, 11) is 0. The summed E-state index contributed by atoms with van der Waals surface area (Å²) in [5, 5.41) is 4.10. The molecule has 6 heteroatoms. The molecule has 1 saturated heterocycles. The summed E-state index contributed by atoms with van der Waals surface area (Å²) < 4.78 is 13.7. The lowest BCUT2D eigenvalue weighted by Gasteiger charge is -2.40. The summed E-state index contributed by atoms with van der Waals surface area (Å²) in [6.45, 7) is 8.87. The smallest absolute Gasteiger partial charge is 0.221 e. The van der Waals surface area contributed by atoms with Gasteiger partial charge in [-0.25, -0.2) is 4.39 Å². The van der Waals surface area contributed by atoms with Crippen LogP contribution in [0, 0.1) is 5.82 Å². The number of rotatable bonds is 5. The number of amides is 1. The maximum atomic E-state index is 13.7. The van der Waals surface area contributed by atoms with Crippen LogP contribution in [0.2, 0.25) is 0 Å². The van der Waals surface area contributed by atoms with E-state index >= 15 is 0 Å². The molecule has 1 aliphatic heterocycles. The molecule has 0 bridgehead atoms. The monoisotopic (exact) mass is 415 g/mol. The number of nitrogens with zero attached hydrogens (tertiary/aromatic N) is 2. The van der Waals surface area contributed by atoms with Gasteiger partial charge >= 0.3 is 0 Å². The van der Waals surface area contributed by atoms with E-state index in [0.29, 0.717) is 0 Å². The number of thiophene rings is 1. The van der Waals surface area contributed by atoms with Gasteiger partial charge < -0.3 is 10.2 Å². The molecule has 0 spiro atoms. The van der Waals surface area contributed by atoms with Gasteiger partial charge in [-0.1, -0.05) is 19.1 Å². The molecule has 29 heavy (non-hydrogen) atoms. The fourth-order valence-corrected chi connectivity index (χ4v) is 6.04. The lowest BCUT2D eigenvalue weighted by atomic mass is 9.88. The fourth-order valence-electron chi connectivity index (χ4n) is 4.68. The van der Waals surface area contributed by atoms with Crippen LogP contribution in [-0.4, -0.2) is 48.4 Å². The van der Waals surface area contributed by atoms with Crippen molar-refractivity contribution in [1.82, 2.24) is 9.80 Å². The van der Waals surface area contributed by atoms with Crippen LogP contribution in [0.1, 0.15) is 54.3 Å². The van der Waals surface area contributed by atoms with Crippen molar-refractivity contribution < 1.29 is 9.18 Å². The second-order valence-corrected chi connectivity index (χ2v) is 9.16. The minimum Gasteiger partial charge on any atom is -0.318 e. The maximum Gasteiger partial charge on any atom is 0.221 e. The number of nitrogens with one attached hydrogen (secondary N) is 1. The van der Waals surface area contributed by atoms with E-state index in [-0.39, 0.29) is 17.8 Å². The molecule has 1 amide bonds. The van der Waals surface area contributed by atoms with Gasteiger partial charge in [-0.05, 0) is 55.5 Å². The van der Waals surface area contributed by atoms with Gasteiger partial charge in [-0.15, -0.1) is 11.3 Å². The molecule has 1 unspecified atom stereocenters. The van der Waals surface area contributed by atoms with Crippen molar-refractivity contribution in [3.63, 3.8) is 0 Å². The first-order valence-corrected chi connectivity index (χ1v) is 11.5. The third-order valence-electron chi connectivity index (χ3n) is 6.18. The number of piperazine rings is 1. The normalized spacial score (nSPS) is 19.0. The van der Waals surface area contributed by atoms with E-state index < -0.39 is 0 Å². The van der Waals surface area contributed by atoms with Crippen LogP contribution in [0.3, 0.4) is 0 Å². The Morgan fingerprint density at radius 3 is 2.48 bits per heavy atom. The molecular weight excluding hydrogens is 385 g/mol. The summed E-state index contributed by atoms with van der Waals surface area (Å²) in [4.78, 5) is 18.4. The SMILES string of the molecule is CCN1CCN(C(c2ccc(F)cc2)c2c(NC(C)=O)sc3c2CCCC3)CC1. The van der Waals surface area contributed by atoms with Crippen LogP contribution in [-0.2, 0) is 17.6 Å². The van der Waals surface area contributed by atoms with Crippen LogP contribution in [0.15, 0.2) is 24.3 Å². The summed E-state index contributed by atoms with van der Waals surface area (Å²) in [5.41, 5.74) is 3.77. The van der Waals surface area contributed by atoms with E-state index in [2.05, 4.69) is 22.0 Å². The third-order valence-corrected chi connectivity index (χ3v) is 7.40. The van der Waals surface area contributed by atoms with Crippen LogP contribution in [0.25, 0.3) is 0 Å². The van der Waals surface area contributed by atoms with Crippen LogP contribution < -0.4 is 5.32 Å². The number of fused-ring (bicyclic) bond motifs is 1. The first-order chi connectivity index (χ1) is 14.1. The average molecular weight is 416 g/mol. The Morgan fingerprint density at radius 1 is 1.14 bits per heavy atom. The number of carbonyl (C=O) groups excluding carboxylic acids is 1. The molecule has 1 aromatic carbocycles. The maximum absolute atomic E-state index is 13.7. The van der Waals surface area contributed by atoms with Crippen molar-refractivity contribution in [3.8, 4) is 0 Å². The second-order valence-electron chi connectivity index (χ2n) is 8.06. The highest BCUT2D eigenvalue weighted by molar-refractivity contribution is 7.16. The Kier molecular flexibility index (Phi) is 6.32. The Hall–Kier alpha value is -1.76. The molecule has 156 valence electrons. The quantitative estimate of drug-likeness (QED) is 0.784. The number of benzene rings is 1. The molecular formula is C23H30FN3OS. The molecule has 4 rings (SSSR count). The van der Waals surface area contributed by atoms with Crippen molar-refractivity contribution in [1.29, 1.82) is 0 Å². The molecule has 1 aromatic heterocycles. The minimum absolute atomic E-state index is 0.0292. The molecule has 4 nitrogen and oxygen atoms in total. The highest BCUT2D eigenvalue weighted by atomic mass is 32.1. The van der Waals surface area contributed by atoms with Gasteiger partial charge in [0.15, 0.2) is 0 Å². The molecule has 1 atom stereocenters. The number of anilines is 1. The zero-order chi connectivity index (χ0) is 20.4. The van der Waals surface area contributed by atoms with Crippen molar-refractivity contribution in [3.05, 3.63) is 51.7 Å². The van der Waals surface area contributed by atoms with Gasteiger partial charge in [-0.2, -0.15) is 0 Å². The third kappa shape index (κ3) is 4.39. The van der Waals surface area contributed by atoms with Gasteiger partial charge in [0.25, 0.3) is 0 Å². The molecule has 2 aliphatic rings. The summed E-state index contributed by atoms with van der Waals surface area (Å²) >= 11 is 1.74. The first-order valence-electron chi connectivity index (χ1n) is 10.7. The van der Waals surface area contributed by atoms with E-state index in [0.717, 1.165) is 56.1 Å². The van der Waals surface area contributed by atoms with E-state index in [1.807, 2.05) is 12.1 Å². The summed E-state index contributed by atoms with van der Waals surface area (Å²) in [6.07, 6.45) is 4.55. The lowest BCUT2D eigenvalue weighted by Crippen LogP contribution is -2.47. The molecule has 1 N–H and O–H groups in total. The van der Waals surface area contributed by atoms with Crippen LogP contribution in [0.4, 0.5) is 9.39 Å². The summed E-state index contributed by atoms with van der Waals surface area (Å²) in [5.74, 6) is -0.240. The number of carbonyl (C=O) groups is 1. The fraction of sp³-hybridized carbons (Fsp3) is 0.522. The van der Waals surface area contributed by atoms with Gasteiger partial charge in [0, 0.05) is 43.5 Å². The molecule has 2 aromatic rings. The summed E-state index contributed by atoms with van der Waals surface area (Å²) in [6, 6.07) is 6.99. The Morgan fingerprint density at radius 2 is 1.83 bits per heavy atom. The Bertz CT molecular complexity index is 856. The van der Waals surface area contributed by atoms with Crippen molar-refractivity contribution in [2.24, 2.45) is 0 Å². The number of hydrogen-bond acceptors (Lipinski definition) is 4. The standard InChI is InChI=1S/C23H30FN3OS/c1-3-26-12-14-27(15-13-26)22(17-8-10-18(24)11-9-17)21-19-6-4-5-7-20(19)29-23(21)25-16(2)28/h8-11,22H,3-7,12-15H2,1-2H3,(H,25,28). The number of likely N-dealkylation sites (N-methyl/N-ethyl adjacent to an activating group) is 1. The molecule has 1 fully saturated rings. The Labute approximate surface area is 176 Å². The van der Waals surface area contributed by atoms with Gasteiger partial charge in [0.2, 0.25) is 5.91 Å². The van der Waals surface area contributed by atoms with E-state index in [9.17, 15) is 9.18 Å². The van der Waals surface area contributed by atoms with Gasteiger partial charge in [0.05, 0.1) is 6.04 Å². The van der Waals surface area contributed by atoms with E-state index in [4.69, 9.17) is 0 Å². The first kappa shape index (κ1) is 20.5. The largest absolute Gasteiger partial charge is 0.318 e. The zero-order valence-corrected chi connectivity index (χ0v) is 18.2. The Balaban J connectivity index is 1.79. The van der Waals surface area contributed by atoms with Crippen molar-refractivity contribution >= 4 is 22.2 Å². The average Bonchev–Trinajstić information content (AvgIpc) is 3.07. The highest BCUT2D eigenvalue weighted by Crippen LogP contribution is 2.45. The second kappa shape index (κ2) is 8.94. The molecule has 0 saturated carbocycles. The zero-order valence-electron chi connectivity index (χ0n) is 17.3. The predicted octanol–water partition coefficient (Wildman–Crippen LogP) is 4.45. The number of halogens is 1. The molecule has 2 heterocycles.